The van der Waals surface area contributed by atoms with Crippen LogP contribution in [-0.2, 0) is 4.79 Å². The molecule has 0 spiro atoms. The van der Waals surface area contributed by atoms with Crippen molar-refractivity contribution in [1.82, 2.24) is 10.3 Å². The van der Waals surface area contributed by atoms with Gasteiger partial charge in [-0.05, 0) is 66.4 Å². The fourth-order valence-electron chi connectivity index (χ4n) is 5.88. The van der Waals surface area contributed by atoms with Gasteiger partial charge in [-0.25, -0.2) is 4.39 Å². The number of halogens is 1. The van der Waals surface area contributed by atoms with Crippen molar-refractivity contribution < 1.29 is 9.18 Å². The minimum absolute atomic E-state index is 0.217. The summed E-state index contributed by atoms with van der Waals surface area (Å²) < 4.78 is 13.5. The first-order valence-corrected chi connectivity index (χ1v) is 10.9. The Labute approximate surface area is 171 Å². The van der Waals surface area contributed by atoms with Gasteiger partial charge in [0, 0.05) is 24.2 Å². The van der Waals surface area contributed by atoms with Gasteiger partial charge in [0.05, 0.1) is 5.69 Å². The molecular weight excluding hydrogens is 363 g/mol. The molecule has 5 atom stereocenters. The van der Waals surface area contributed by atoms with Crippen LogP contribution in [0.15, 0.2) is 48.7 Å². The van der Waals surface area contributed by atoms with E-state index in [-0.39, 0.29) is 11.7 Å². The summed E-state index contributed by atoms with van der Waals surface area (Å²) in [5, 5.41) is 3.23. The standard InChI is InChI=1S/C25H27FN2O/c26-19-6-3-5-16(12-19)18-8-9-20(27-15-18)10-11-22-21-7-2-1-4-17(21)13-24-23(22)14-25(29)28-24/h3,5-6,8-12,15,17,21-24H,1-2,4,7,13-14H2,(H,28,29)/b11-10+/t17-,21+,22-,23+,24-/m0/s1. The summed E-state index contributed by atoms with van der Waals surface area (Å²) in [7, 11) is 0. The van der Waals surface area contributed by atoms with Crippen molar-refractivity contribution >= 4 is 12.0 Å². The SMILES string of the molecule is O=C1C[C@@H]2[C@@H](/C=C/c3ccc(-c4cccc(F)c4)cn3)[C@@H]3CCCC[C@H]3C[C@@H]2N1. The minimum Gasteiger partial charge on any atom is -0.353 e. The third-order valence-electron chi connectivity index (χ3n) is 7.23. The minimum atomic E-state index is -0.236. The van der Waals surface area contributed by atoms with Crippen LogP contribution in [0.3, 0.4) is 0 Å². The first-order chi connectivity index (χ1) is 14.2. The van der Waals surface area contributed by atoms with Crippen LogP contribution in [0.2, 0.25) is 0 Å². The highest BCUT2D eigenvalue weighted by Crippen LogP contribution is 2.49. The predicted molar refractivity (Wildman–Crippen MR) is 112 cm³/mol. The van der Waals surface area contributed by atoms with Crippen molar-refractivity contribution in [2.75, 3.05) is 0 Å². The van der Waals surface area contributed by atoms with Gasteiger partial charge in [-0.2, -0.15) is 0 Å². The largest absolute Gasteiger partial charge is 0.353 e. The second kappa shape index (κ2) is 7.74. The zero-order chi connectivity index (χ0) is 19.8. The normalized spacial score (nSPS) is 31.3. The zero-order valence-electron chi connectivity index (χ0n) is 16.6. The van der Waals surface area contributed by atoms with Gasteiger partial charge in [0.2, 0.25) is 5.91 Å². The van der Waals surface area contributed by atoms with Crippen LogP contribution in [0.25, 0.3) is 17.2 Å². The maximum atomic E-state index is 13.5. The molecule has 0 radical (unpaired) electrons. The molecule has 2 heterocycles. The maximum absolute atomic E-state index is 13.5. The summed E-state index contributed by atoms with van der Waals surface area (Å²) in [5.41, 5.74) is 2.66. The number of hydrogen-bond acceptors (Lipinski definition) is 2. The van der Waals surface area contributed by atoms with E-state index in [1.165, 1.54) is 37.8 Å². The number of hydrogen-bond donors (Lipinski definition) is 1. The third-order valence-corrected chi connectivity index (χ3v) is 7.23. The Morgan fingerprint density at radius 3 is 2.79 bits per heavy atom. The van der Waals surface area contributed by atoms with E-state index in [0.29, 0.717) is 30.2 Å². The second-order valence-corrected chi connectivity index (χ2v) is 8.90. The van der Waals surface area contributed by atoms with E-state index in [1.54, 1.807) is 6.07 Å². The van der Waals surface area contributed by atoms with Crippen LogP contribution in [0.4, 0.5) is 4.39 Å². The molecular formula is C25H27FN2O. The molecule has 1 saturated heterocycles. The number of pyridine rings is 1. The summed E-state index contributed by atoms with van der Waals surface area (Å²) in [5.74, 6) is 2.28. The van der Waals surface area contributed by atoms with Gasteiger partial charge in [-0.15, -0.1) is 0 Å². The molecule has 1 aliphatic heterocycles. The van der Waals surface area contributed by atoms with Crippen molar-refractivity contribution in [1.29, 1.82) is 0 Å². The fraction of sp³-hybridized carbons (Fsp3) is 0.440. The van der Waals surface area contributed by atoms with Gasteiger partial charge in [0.1, 0.15) is 5.82 Å². The summed E-state index contributed by atoms with van der Waals surface area (Å²) in [6.07, 6.45) is 13.3. The Morgan fingerprint density at radius 1 is 1.07 bits per heavy atom. The molecule has 3 fully saturated rings. The molecule has 1 aromatic heterocycles. The Kier molecular flexibility index (Phi) is 4.94. The zero-order valence-corrected chi connectivity index (χ0v) is 16.6. The van der Waals surface area contributed by atoms with Crippen LogP contribution in [0.1, 0.15) is 44.2 Å². The molecule has 0 unspecified atom stereocenters. The van der Waals surface area contributed by atoms with Crippen molar-refractivity contribution in [3.8, 4) is 11.1 Å². The predicted octanol–water partition coefficient (Wildman–Crippen LogP) is 5.23. The lowest BCUT2D eigenvalue weighted by molar-refractivity contribution is -0.119. The van der Waals surface area contributed by atoms with Crippen molar-refractivity contribution in [2.24, 2.45) is 23.7 Å². The average Bonchev–Trinajstić information content (AvgIpc) is 3.11. The fourth-order valence-corrected chi connectivity index (χ4v) is 5.88. The lowest BCUT2D eigenvalue weighted by Gasteiger charge is -2.46. The Balaban J connectivity index is 1.37. The van der Waals surface area contributed by atoms with E-state index in [9.17, 15) is 9.18 Å². The van der Waals surface area contributed by atoms with Crippen molar-refractivity contribution in [3.63, 3.8) is 0 Å². The van der Waals surface area contributed by atoms with Gasteiger partial charge < -0.3 is 5.32 Å². The van der Waals surface area contributed by atoms with Crippen molar-refractivity contribution in [3.05, 3.63) is 60.2 Å². The summed E-state index contributed by atoms with van der Waals surface area (Å²) in [6, 6.07) is 10.9. The van der Waals surface area contributed by atoms with Crippen LogP contribution in [-0.4, -0.2) is 16.9 Å². The molecule has 0 bridgehead atoms. The molecule has 1 N–H and O–H groups in total. The monoisotopic (exact) mass is 390 g/mol. The molecule has 3 nitrogen and oxygen atoms in total. The molecule has 1 amide bonds. The first kappa shape index (κ1) is 18.5. The van der Waals surface area contributed by atoms with Crippen molar-refractivity contribution in [2.45, 2.75) is 44.6 Å². The van der Waals surface area contributed by atoms with E-state index in [2.05, 4.69) is 22.5 Å². The molecule has 1 aromatic carbocycles. The van der Waals surface area contributed by atoms with Crippen LogP contribution >= 0.6 is 0 Å². The molecule has 3 aliphatic rings. The number of nitrogens with one attached hydrogen (secondary N) is 1. The first-order valence-electron chi connectivity index (χ1n) is 10.9. The number of aromatic nitrogens is 1. The second-order valence-electron chi connectivity index (χ2n) is 8.90. The quantitative estimate of drug-likeness (QED) is 0.779. The Bertz CT molecular complexity index is 923. The maximum Gasteiger partial charge on any atom is 0.220 e. The number of allylic oxidation sites excluding steroid dienone is 1. The third kappa shape index (κ3) is 3.73. The number of carbonyl (C=O) groups excluding carboxylic acids is 1. The average molecular weight is 391 g/mol. The van der Waals surface area contributed by atoms with Gasteiger partial charge in [-0.1, -0.05) is 43.5 Å². The highest BCUT2D eigenvalue weighted by molar-refractivity contribution is 5.79. The van der Waals surface area contributed by atoms with Gasteiger partial charge in [-0.3, -0.25) is 9.78 Å². The van der Waals surface area contributed by atoms with Crippen LogP contribution in [0, 0.1) is 29.5 Å². The lowest BCUT2D eigenvalue weighted by Crippen LogP contribution is -2.45. The van der Waals surface area contributed by atoms with E-state index in [1.807, 2.05) is 24.4 Å². The van der Waals surface area contributed by atoms with E-state index in [0.717, 1.165) is 29.2 Å². The van der Waals surface area contributed by atoms with E-state index in [4.69, 9.17) is 0 Å². The van der Waals surface area contributed by atoms with E-state index < -0.39 is 0 Å². The molecule has 5 rings (SSSR count). The summed E-state index contributed by atoms with van der Waals surface area (Å²) in [6.45, 7) is 0. The van der Waals surface area contributed by atoms with Crippen LogP contribution in [0.5, 0.6) is 0 Å². The summed E-state index contributed by atoms with van der Waals surface area (Å²) >= 11 is 0. The van der Waals surface area contributed by atoms with Gasteiger partial charge in [0.15, 0.2) is 0 Å². The Hall–Kier alpha value is -2.49. The molecule has 2 aromatic rings. The van der Waals surface area contributed by atoms with Gasteiger partial charge in [0.25, 0.3) is 0 Å². The Morgan fingerprint density at radius 2 is 1.97 bits per heavy atom. The number of amides is 1. The number of fused-ring (bicyclic) bond motifs is 2. The highest BCUT2D eigenvalue weighted by Gasteiger charge is 2.47. The summed E-state index contributed by atoms with van der Waals surface area (Å²) in [4.78, 5) is 16.6. The number of rotatable bonds is 3. The molecule has 4 heteroatoms. The lowest BCUT2D eigenvalue weighted by atomic mass is 9.60. The van der Waals surface area contributed by atoms with E-state index >= 15 is 0 Å². The number of benzene rings is 1. The molecule has 2 aliphatic carbocycles. The smallest absolute Gasteiger partial charge is 0.220 e. The van der Waals surface area contributed by atoms with Crippen LogP contribution < -0.4 is 5.32 Å². The number of carbonyl (C=O) groups is 1. The number of nitrogens with zero attached hydrogens (tertiary/aromatic N) is 1. The van der Waals surface area contributed by atoms with Gasteiger partial charge >= 0.3 is 0 Å². The molecule has 150 valence electrons. The highest BCUT2D eigenvalue weighted by atomic mass is 19.1. The molecule has 29 heavy (non-hydrogen) atoms. The molecule has 2 saturated carbocycles. The topological polar surface area (TPSA) is 42.0 Å².